The summed E-state index contributed by atoms with van der Waals surface area (Å²) in [4.78, 5) is 14.8. The number of ketones is 1. The molecule has 8 unspecified atom stereocenters. The molecule has 5 rings (SSSR count). The van der Waals surface area contributed by atoms with E-state index in [-0.39, 0.29) is 11.3 Å². The molecule has 0 radical (unpaired) electrons. The topological polar surface area (TPSA) is 17.1 Å². The molecule has 4 saturated carbocycles. The van der Waals surface area contributed by atoms with Gasteiger partial charge < -0.3 is 0 Å². The number of fused-ring (bicyclic) bond motifs is 5. The summed E-state index contributed by atoms with van der Waals surface area (Å²) in [6.07, 6.45) is 14.4. The highest BCUT2D eigenvalue weighted by Gasteiger charge is 2.61. The number of thioether (sulfide) groups is 1. The molecule has 1 aromatic rings. The minimum atomic E-state index is 0.224. The van der Waals surface area contributed by atoms with Gasteiger partial charge in [-0.15, -0.1) is 11.8 Å². The summed E-state index contributed by atoms with van der Waals surface area (Å²) in [5.74, 6) is 5.11. The molecule has 2 heteroatoms. The van der Waals surface area contributed by atoms with E-state index in [9.17, 15) is 4.79 Å². The molecule has 4 fully saturated rings. The molecule has 0 aliphatic heterocycles. The standard InChI is InChI=1S/C28H40OS/c1-18-13-15-27(2)20(17-18)7-10-22-23-11-12-25(28(23,3)16-14-24(22)27)26(29)19-5-8-21(30-4)9-6-19/h5-6,8-9,18,20,22-25H,7,10-17H2,1-4H3. The van der Waals surface area contributed by atoms with Gasteiger partial charge in [-0.1, -0.05) is 39.3 Å². The van der Waals surface area contributed by atoms with E-state index in [1.807, 2.05) is 0 Å². The Kier molecular flexibility index (Phi) is 5.40. The molecule has 0 aromatic heterocycles. The highest BCUT2D eigenvalue weighted by Crippen LogP contribution is 2.68. The first-order valence-corrected chi connectivity index (χ1v) is 13.8. The Hall–Kier alpha value is -0.760. The first-order valence-electron chi connectivity index (χ1n) is 12.5. The van der Waals surface area contributed by atoms with Crippen LogP contribution in [0, 0.1) is 46.3 Å². The monoisotopic (exact) mass is 424 g/mol. The van der Waals surface area contributed by atoms with E-state index in [4.69, 9.17) is 0 Å². The van der Waals surface area contributed by atoms with Crippen molar-refractivity contribution in [2.45, 2.75) is 83.5 Å². The lowest BCUT2D eigenvalue weighted by atomic mass is 9.44. The van der Waals surface area contributed by atoms with E-state index in [1.165, 1.54) is 56.3 Å². The van der Waals surface area contributed by atoms with Crippen LogP contribution in [0.25, 0.3) is 0 Å². The Morgan fingerprint density at radius 1 is 0.900 bits per heavy atom. The number of hydrogen-bond acceptors (Lipinski definition) is 2. The molecule has 0 amide bonds. The van der Waals surface area contributed by atoms with Crippen LogP contribution in [0.4, 0.5) is 0 Å². The molecule has 0 spiro atoms. The van der Waals surface area contributed by atoms with Crippen molar-refractivity contribution in [1.29, 1.82) is 0 Å². The fourth-order valence-electron chi connectivity index (χ4n) is 8.86. The molecule has 30 heavy (non-hydrogen) atoms. The van der Waals surface area contributed by atoms with Crippen LogP contribution in [-0.2, 0) is 0 Å². The van der Waals surface area contributed by atoms with E-state index >= 15 is 0 Å². The fraction of sp³-hybridized carbons (Fsp3) is 0.750. The average molecular weight is 425 g/mol. The largest absolute Gasteiger partial charge is 0.294 e. The van der Waals surface area contributed by atoms with E-state index in [0.29, 0.717) is 11.2 Å². The highest BCUT2D eigenvalue weighted by atomic mass is 32.2. The Bertz CT molecular complexity index is 799. The van der Waals surface area contributed by atoms with Gasteiger partial charge in [-0.2, -0.15) is 0 Å². The van der Waals surface area contributed by atoms with Gasteiger partial charge in [-0.3, -0.25) is 4.79 Å². The van der Waals surface area contributed by atoms with Gasteiger partial charge in [0, 0.05) is 16.4 Å². The van der Waals surface area contributed by atoms with Crippen molar-refractivity contribution < 1.29 is 4.79 Å². The first kappa shape index (κ1) is 21.1. The third-order valence-electron chi connectivity index (χ3n) is 10.6. The molecule has 164 valence electrons. The molecule has 1 aromatic carbocycles. The molecule has 4 aliphatic carbocycles. The van der Waals surface area contributed by atoms with Crippen LogP contribution in [0.3, 0.4) is 0 Å². The summed E-state index contributed by atoms with van der Waals surface area (Å²) in [6, 6.07) is 8.39. The van der Waals surface area contributed by atoms with Gasteiger partial charge in [-0.05, 0) is 110 Å². The maximum Gasteiger partial charge on any atom is 0.166 e. The molecule has 1 nitrogen and oxygen atoms in total. The van der Waals surface area contributed by atoms with Crippen molar-refractivity contribution in [3.05, 3.63) is 29.8 Å². The van der Waals surface area contributed by atoms with Crippen LogP contribution in [0.1, 0.15) is 88.9 Å². The minimum absolute atomic E-state index is 0.224. The van der Waals surface area contributed by atoms with E-state index in [2.05, 4.69) is 51.3 Å². The minimum Gasteiger partial charge on any atom is -0.294 e. The second-order valence-corrected chi connectivity index (χ2v) is 12.7. The quantitative estimate of drug-likeness (QED) is 0.362. The zero-order chi connectivity index (χ0) is 21.1. The van der Waals surface area contributed by atoms with Crippen LogP contribution in [0.2, 0.25) is 0 Å². The van der Waals surface area contributed by atoms with Crippen molar-refractivity contribution in [1.82, 2.24) is 0 Å². The number of Topliss-reactive ketones (excluding diaryl/α,β-unsaturated/α-hetero) is 1. The van der Waals surface area contributed by atoms with Gasteiger partial charge in [0.2, 0.25) is 0 Å². The molecular formula is C28H40OS. The van der Waals surface area contributed by atoms with Crippen molar-refractivity contribution >= 4 is 17.5 Å². The maximum absolute atomic E-state index is 13.6. The van der Waals surface area contributed by atoms with Crippen LogP contribution in [0.5, 0.6) is 0 Å². The third-order valence-corrected chi connectivity index (χ3v) is 11.4. The van der Waals surface area contributed by atoms with Crippen LogP contribution in [0.15, 0.2) is 29.2 Å². The van der Waals surface area contributed by atoms with Gasteiger partial charge in [-0.25, -0.2) is 0 Å². The first-order chi connectivity index (χ1) is 14.4. The SMILES string of the molecule is CSc1ccc(C(=O)C2CCC3C4CCC5CC(C)CCC5(C)C4CCC23C)cc1. The van der Waals surface area contributed by atoms with Gasteiger partial charge in [0.1, 0.15) is 0 Å². The zero-order valence-corrected chi connectivity index (χ0v) is 20.3. The summed E-state index contributed by atoms with van der Waals surface area (Å²) >= 11 is 1.75. The smallest absolute Gasteiger partial charge is 0.166 e. The molecule has 8 atom stereocenters. The second-order valence-electron chi connectivity index (χ2n) is 11.8. The van der Waals surface area contributed by atoms with Gasteiger partial charge >= 0.3 is 0 Å². The number of carbonyl (C=O) groups is 1. The number of rotatable bonds is 3. The molecule has 0 N–H and O–H groups in total. The predicted octanol–water partition coefficient (Wildman–Crippen LogP) is 7.89. The molecular weight excluding hydrogens is 384 g/mol. The van der Waals surface area contributed by atoms with E-state index in [1.54, 1.807) is 11.8 Å². The molecule has 0 bridgehead atoms. The zero-order valence-electron chi connectivity index (χ0n) is 19.5. The lowest BCUT2D eigenvalue weighted by Gasteiger charge is -2.61. The Morgan fingerprint density at radius 2 is 1.60 bits per heavy atom. The average Bonchev–Trinajstić information content (AvgIpc) is 3.11. The number of hydrogen-bond donors (Lipinski definition) is 0. The summed E-state index contributed by atoms with van der Waals surface area (Å²) < 4.78 is 0. The normalized spacial score (nSPS) is 45.3. The predicted molar refractivity (Wildman–Crippen MR) is 127 cm³/mol. The second kappa shape index (κ2) is 7.68. The summed E-state index contributed by atoms with van der Waals surface area (Å²) in [7, 11) is 0. The van der Waals surface area contributed by atoms with Crippen molar-refractivity contribution in [2.24, 2.45) is 46.3 Å². The summed E-state index contributed by atoms with van der Waals surface area (Å²) in [5.41, 5.74) is 1.74. The van der Waals surface area contributed by atoms with Crippen LogP contribution < -0.4 is 0 Å². The summed E-state index contributed by atoms with van der Waals surface area (Å²) in [6.45, 7) is 7.63. The molecule has 0 saturated heterocycles. The lowest BCUT2D eigenvalue weighted by molar-refractivity contribution is -0.114. The maximum atomic E-state index is 13.6. The number of benzene rings is 1. The fourth-order valence-corrected chi connectivity index (χ4v) is 9.27. The van der Waals surface area contributed by atoms with Crippen molar-refractivity contribution in [3.8, 4) is 0 Å². The highest BCUT2D eigenvalue weighted by molar-refractivity contribution is 7.98. The molecule has 4 aliphatic rings. The van der Waals surface area contributed by atoms with Crippen LogP contribution in [-0.4, -0.2) is 12.0 Å². The lowest BCUT2D eigenvalue weighted by Crippen LogP contribution is -2.53. The van der Waals surface area contributed by atoms with Gasteiger partial charge in [0.15, 0.2) is 5.78 Å². The van der Waals surface area contributed by atoms with Crippen molar-refractivity contribution in [2.75, 3.05) is 6.26 Å². The van der Waals surface area contributed by atoms with Gasteiger partial charge in [0.25, 0.3) is 0 Å². The molecule has 0 heterocycles. The third kappa shape index (κ3) is 3.14. The van der Waals surface area contributed by atoms with E-state index < -0.39 is 0 Å². The summed E-state index contributed by atoms with van der Waals surface area (Å²) in [5, 5.41) is 0. The Balaban J connectivity index is 1.38. The van der Waals surface area contributed by atoms with Crippen molar-refractivity contribution in [3.63, 3.8) is 0 Å². The van der Waals surface area contributed by atoms with Gasteiger partial charge in [0.05, 0.1) is 0 Å². The Labute approximate surface area is 188 Å². The van der Waals surface area contributed by atoms with E-state index in [0.717, 1.165) is 41.6 Å². The van der Waals surface area contributed by atoms with Crippen LogP contribution >= 0.6 is 11.8 Å². The number of carbonyl (C=O) groups excluding carboxylic acids is 1. The Morgan fingerprint density at radius 3 is 2.33 bits per heavy atom.